The van der Waals surface area contributed by atoms with E-state index in [4.69, 9.17) is 17.3 Å². The molecule has 0 amide bonds. The maximum atomic E-state index is 6.49. The second-order valence-electron chi connectivity index (χ2n) is 7.24. The van der Waals surface area contributed by atoms with Crippen molar-refractivity contribution in [3.8, 4) is 0 Å². The Bertz CT molecular complexity index is 500. The summed E-state index contributed by atoms with van der Waals surface area (Å²) in [6.45, 7) is 3.19. The number of nitrogens with two attached hydrogens (primary N) is 1. The average Bonchev–Trinajstić information content (AvgIpc) is 3.00. The van der Waals surface area contributed by atoms with Crippen molar-refractivity contribution in [1.29, 1.82) is 0 Å². The Morgan fingerprint density at radius 3 is 2.76 bits per heavy atom. The Balaban J connectivity index is 1.75. The molecule has 2 N–H and O–H groups in total. The number of hydrogen-bond acceptors (Lipinski definition) is 2. The minimum atomic E-state index is 0.165. The Kier molecular flexibility index (Phi) is 4.46. The number of para-hydroxylation sites is 1. The van der Waals surface area contributed by atoms with Gasteiger partial charge in [0.15, 0.2) is 0 Å². The largest absolute Gasteiger partial charge is 0.373 e. The number of anilines is 1. The minimum Gasteiger partial charge on any atom is -0.373 e. The summed E-state index contributed by atoms with van der Waals surface area (Å²) in [5.74, 6) is 2.81. The predicted octanol–water partition coefficient (Wildman–Crippen LogP) is 4.10. The van der Waals surface area contributed by atoms with Crippen LogP contribution in [0.25, 0.3) is 0 Å². The first kappa shape index (κ1) is 15.2. The molecule has 116 valence electrons. The second-order valence-corrected chi connectivity index (χ2v) is 7.65. The molecule has 4 atom stereocenters. The van der Waals surface area contributed by atoms with Crippen molar-refractivity contribution >= 4 is 17.3 Å². The minimum absolute atomic E-state index is 0.165. The van der Waals surface area contributed by atoms with E-state index in [1.165, 1.54) is 36.9 Å². The van der Waals surface area contributed by atoms with Crippen LogP contribution >= 0.6 is 11.6 Å². The summed E-state index contributed by atoms with van der Waals surface area (Å²) in [6.07, 6.45) is 6.68. The van der Waals surface area contributed by atoms with Gasteiger partial charge in [-0.15, -0.1) is 0 Å². The molecule has 1 aromatic carbocycles. The molecular weight excluding hydrogens is 280 g/mol. The van der Waals surface area contributed by atoms with Crippen molar-refractivity contribution in [2.75, 3.05) is 18.5 Å². The van der Waals surface area contributed by atoms with Gasteiger partial charge >= 0.3 is 0 Å². The van der Waals surface area contributed by atoms with Crippen LogP contribution in [0.15, 0.2) is 18.2 Å². The van der Waals surface area contributed by atoms with Crippen molar-refractivity contribution < 1.29 is 0 Å². The van der Waals surface area contributed by atoms with E-state index in [-0.39, 0.29) is 6.04 Å². The fourth-order valence-corrected chi connectivity index (χ4v) is 4.88. The van der Waals surface area contributed by atoms with E-state index in [2.05, 4.69) is 24.9 Å². The van der Waals surface area contributed by atoms with Crippen molar-refractivity contribution in [3.63, 3.8) is 0 Å². The first-order valence-corrected chi connectivity index (χ1v) is 8.66. The van der Waals surface area contributed by atoms with Gasteiger partial charge in [0.05, 0.1) is 10.7 Å². The van der Waals surface area contributed by atoms with Crippen LogP contribution in [0.3, 0.4) is 0 Å². The summed E-state index contributed by atoms with van der Waals surface area (Å²) >= 11 is 6.49. The molecule has 0 aromatic heterocycles. The Hall–Kier alpha value is -0.730. The third kappa shape index (κ3) is 3.22. The van der Waals surface area contributed by atoms with Crippen LogP contribution in [0.5, 0.6) is 0 Å². The SMILES string of the molecule is CC(N)Cc1cccc(Cl)c1N(C)CC1CC2CCC1C2. The number of nitrogens with zero attached hydrogens (tertiary/aromatic N) is 1. The molecule has 1 aromatic rings. The summed E-state index contributed by atoms with van der Waals surface area (Å²) in [7, 11) is 2.19. The van der Waals surface area contributed by atoms with E-state index < -0.39 is 0 Å². The van der Waals surface area contributed by atoms with Gasteiger partial charge < -0.3 is 10.6 Å². The van der Waals surface area contributed by atoms with E-state index >= 15 is 0 Å². The zero-order chi connectivity index (χ0) is 15.0. The molecule has 2 bridgehead atoms. The first-order chi connectivity index (χ1) is 10.0. The van der Waals surface area contributed by atoms with Crippen LogP contribution in [-0.4, -0.2) is 19.6 Å². The summed E-state index contributed by atoms with van der Waals surface area (Å²) in [5, 5.41) is 0.860. The van der Waals surface area contributed by atoms with Crippen LogP contribution in [0.4, 0.5) is 5.69 Å². The molecule has 3 rings (SSSR count). The predicted molar refractivity (Wildman–Crippen MR) is 91.0 cm³/mol. The zero-order valence-corrected chi connectivity index (χ0v) is 13.9. The molecule has 2 aliphatic carbocycles. The molecule has 3 heteroatoms. The fourth-order valence-electron chi connectivity index (χ4n) is 4.54. The average molecular weight is 307 g/mol. The van der Waals surface area contributed by atoms with Crippen molar-refractivity contribution in [2.45, 2.75) is 45.1 Å². The smallest absolute Gasteiger partial charge is 0.0642 e. The highest BCUT2D eigenvalue weighted by Crippen LogP contribution is 2.48. The second kappa shape index (κ2) is 6.18. The Morgan fingerprint density at radius 1 is 1.33 bits per heavy atom. The lowest BCUT2D eigenvalue weighted by molar-refractivity contribution is 0.337. The lowest BCUT2D eigenvalue weighted by atomic mass is 9.88. The molecule has 2 nitrogen and oxygen atoms in total. The van der Waals surface area contributed by atoms with Gasteiger partial charge in [-0.05, 0) is 62.0 Å². The summed E-state index contributed by atoms with van der Waals surface area (Å²) < 4.78 is 0. The molecule has 21 heavy (non-hydrogen) atoms. The highest BCUT2D eigenvalue weighted by atomic mass is 35.5. The lowest BCUT2D eigenvalue weighted by Crippen LogP contribution is -2.30. The number of rotatable bonds is 5. The number of benzene rings is 1. The zero-order valence-electron chi connectivity index (χ0n) is 13.2. The highest BCUT2D eigenvalue weighted by Gasteiger charge is 2.39. The maximum Gasteiger partial charge on any atom is 0.0642 e. The van der Waals surface area contributed by atoms with E-state index in [0.717, 1.165) is 35.7 Å². The van der Waals surface area contributed by atoms with Gasteiger partial charge in [0.1, 0.15) is 0 Å². The highest BCUT2D eigenvalue weighted by molar-refractivity contribution is 6.33. The van der Waals surface area contributed by atoms with Gasteiger partial charge in [0.2, 0.25) is 0 Å². The van der Waals surface area contributed by atoms with Crippen molar-refractivity contribution in [1.82, 2.24) is 0 Å². The molecule has 4 unspecified atom stereocenters. The van der Waals surface area contributed by atoms with Gasteiger partial charge in [0.25, 0.3) is 0 Å². The molecule has 2 fully saturated rings. The molecular formula is C18H27ClN2. The van der Waals surface area contributed by atoms with Crippen LogP contribution in [0.1, 0.15) is 38.2 Å². The molecule has 0 saturated heterocycles. The van der Waals surface area contributed by atoms with Crippen LogP contribution in [0, 0.1) is 17.8 Å². The molecule has 0 spiro atoms. The number of fused-ring (bicyclic) bond motifs is 2. The van der Waals surface area contributed by atoms with Gasteiger partial charge in [0, 0.05) is 19.6 Å². The molecule has 0 aliphatic heterocycles. The molecule has 0 heterocycles. The summed E-state index contributed by atoms with van der Waals surface area (Å²) in [5.41, 5.74) is 8.47. The van der Waals surface area contributed by atoms with Gasteiger partial charge in [-0.3, -0.25) is 0 Å². The lowest BCUT2D eigenvalue weighted by Gasteiger charge is -2.30. The third-order valence-electron chi connectivity index (χ3n) is 5.39. The van der Waals surface area contributed by atoms with Crippen LogP contribution in [0.2, 0.25) is 5.02 Å². The topological polar surface area (TPSA) is 29.3 Å². The van der Waals surface area contributed by atoms with Crippen molar-refractivity contribution in [3.05, 3.63) is 28.8 Å². The number of hydrogen-bond donors (Lipinski definition) is 1. The van der Waals surface area contributed by atoms with Crippen LogP contribution < -0.4 is 10.6 Å². The normalized spacial score (nSPS) is 28.9. The van der Waals surface area contributed by atoms with E-state index in [9.17, 15) is 0 Å². The van der Waals surface area contributed by atoms with Gasteiger partial charge in [-0.2, -0.15) is 0 Å². The van der Waals surface area contributed by atoms with Crippen LogP contribution in [-0.2, 0) is 6.42 Å². The monoisotopic (exact) mass is 306 g/mol. The quantitative estimate of drug-likeness (QED) is 0.887. The van der Waals surface area contributed by atoms with Crippen molar-refractivity contribution in [2.24, 2.45) is 23.5 Å². The van der Waals surface area contributed by atoms with Gasteiger partial charge in [-0.25, -0.2) is 0 Å². The van der Waals surface area contributed by atoms with E-state index in [0.29, 0.717) is 0 Å². The Labute approximate surface area is 133 Å². The summed E-state index contributed by atoms with van der Waals surface area (Å²) in [6, 6.07) is 6.37. The third-order valence-corrected chi connectivity index (χ3v) is 5.69. The van der Waals surface area contributed by atoms with E-state index in [1.807, 2.05) is 12.1 Å². The molecule has 2 aliphatic rings. The Morgan fingerprint density at radius 2 is 2.14 bits per heavy atom. The maximum absolute atomic E-state index is 6.49. The van der Waals surface area contributed by atoms with E-state index in [1.54, 1.807) is 0 Å². The standard InChI is InChI=1S/C18H27ClN2/c1-12(20)8-15-4-3-5-17(19)18(15)21(2)11-16-10-13-6-7-14(16)9-13/h3-5,12-14,16H,6-11,20H2,1-2H3. The fraction of sp³-hybridized carbons (Fsp3) is 0.667. The summed E-state index contributed by atoms with van der Waals surface area (Å²) in [4.78, 5) is 2.38. The molecule has 0 radical (unpaired) electrons. The van der Waals surface area contributed by atoms with Gasteiger partial charge in [-0.1, -0.05) is 30.2 Å². The first-order valence-electron chi connectivity index (χ1n) is 8.28. The molecule has 2 saturated carbocycles. The number of halogens is 1.